The van der Waals surface area contributed by atoms with E-state index in [9.17, 15) is 9.59 Å². The van der Waals surface area contributed by atoms with Crippen molar-refractivity contribution in [2.75, 3.05) is 11.1 Å². The molecule has 6 heteroatoms. The fourth-order valence-electron chi connectivity index (χ4n) is 1.72. The normalized spacial score (nSPS) is 10.8. The molecule has 0 atom stereocenters. The summed E-state index contributed by atoms with van der Waals surface area (Å²) in [6, 6.07) is 3.40. The third-order valence-electron chi connectivity index (χ3n) is 2.77. The molecule has 0 spiro atoms. The van der Waals surface area contributed by atoms with Crippen LogP contribution in [0.4, 0.5) is 11.4 Å². The van der Waals surface area contributed by atoms with E-state index in [2.05, 4.69) is 5.32 Å². The lowest BCUT2D eigenvalue weighted by molar-refractivity contribution is 1.11. The first-order valence-corrected chi connectivity index (χ1v) is 5.94. The second-order valence-corrected chi connectivity index (χ2v) is 4.83. The Morgan fingerprint density at radius 2 is 1.89 bits per heavy atom. The predicted octanol–water partition coefficient (Wildman–Crippen LogP) is 2.09. The molecule has 0 saturated carbocycles. The van der Waals surface area contributed by atoms with Gasteiger partial charge in [0.2, 0.25) is 0 Å². The van der Waals surface area contributed by atoms with E-state index in [-0.39, 0.29) is 11.4 Å². The molecular formula is C12H10Cl2N2O2. The second-order valence-electron chi connectivity index (χ2n) is 3.98. The topological polar surface area (TPSA) is 72.2 Å². The maximum Gasteiger partial charge on any atom is 0.253 e. The zero-order valence-corrected chi connectivity index (χ0v) is 11.0. The van der Waals surface area contributed by atoms with Gasteiger partial charge in [0.1, 0.15) is 11.4 Å². The predicted molar refractivity (Wildman–Crippen MR) is 74.3 cm³/mol. The molecule has 0 aliphatic heterocycles. The van der Waals surface area contributed by atoms with Gasteiger partial charge in [-0.25, -0.2) is 0 Å². The molecule has 0 saturated heterocycles. The van der Waals surface area contributed by atoms with Gasteiger partial charge in [0, 0.05) is 16.6 Å². The lowest BCUT2D eigenvalue weighted by atomic mass is 10.1. The van der Waals surface area contributed by atoms with Crippen LogP contribution in [0.3, 0.4) is 0 Å². The van der Waals surface area contributed by atoms with Crippen molar-refractivity contribution in [3.8, 4) is 0 Å². The van der Waals surface area contributed by atoms with Crippen LogP contribution < -0.4 is 21.9 Å². The minimum atomic E-state index is -0.642. The van der Waals surface area contributed by atoms with Crippen molar-refractivity contribution in [3.05, 3.63) is 53.8 Å². The Hall–Kier alpha value is -1.52. The van der Waals surface area contributed by atoms with Crippen LogP contribution in [0.1, 0.15) is 11.1 Å². The summed E-state index contributed by atoms with van der Waals surface area (Å²) < 4.78 is 0. The highest BCUT2D eigenvalue weighted by atomic mass is 35.5. The van der Waals surface area contributed by atoms with E-state index in [0.717, 1.165) is 11.1 Å². The first-order valence-electron chi connectivity index (χ1n) is 5.19. The van der Waals surface area contributed by atoms with Crippen molar-refractivity contribution < 1.29 is 0 Å². The van der Waals surface area contributed by atoms with Crippen molar-refractivity contribution in [2.24, 2.45) is 0 Å². The zero-order valence-electron chi connectivity index (χ0n) is 9.51. The van der Waals surface area contributed by atoms with Crippen molar-refractivity contribution in [2.45, 2.75) is 13.5 Å². The van der Waals surface area contributed by atoms with Gasteiger partial charge in [0.15, 0.2) is 0 Å². The molecule has 0 aliphatic carbocycles. The minimum Gasteiger partial charge on any atom is -0.394 e. The largest absolute Gasteiger partial charge is 0.394 e. The fraction of sp³-hybridized carbons (Fsp3) is 0.167. The molecule has 4 nitrogen and oxygen atoms in total. The molecule has 2 aromatic carbocycles. The molecule has 0 heterocycles. The third kappa shape index (κ3) is 2.09. The summed E-state index contributed by atoms with van der Waals surface area (Å²) in [4.78, 5) is 22.2. The number of nitrogens with one attached hydrogen (secondary N) is 1. The van der Waals surface area contributed by atoms with Gasteiger partial charge in [-0.1, -0.05) is 23.2 Å². The summed E-state index contributed by atoms with van der Waals surface area (Å²) in [7, 11) is 0. The monoisotopic (exact) mass is 284 g/mol. The van der Waals surface area contributed by atoms with E-state index in [1.54, 1.807) is 12.1 Å². The molecule has 3 N–H and O–H groups in total. The van der Waals surface area contributed by atoms with Crippen molar-refractivity contribution in [1.29, 1.82) is 0 Å². The molecule has 0 aliphatic rings. The molecule has 0 aromatic heterocycles. The Morgan fingerprint density at radius 3 is 2.44 bits per heavy atom. The van der Waals surface area contributed by atoms with Crippen LogP contribution in [0, 0.1) is 6.92 Å². The first-order chi connectivity index (χ1) is 8.41. The average molecular weight is 285 g/mol. The molecule has 18 heavy (non-hydrogen) atoms. The number of aryl methyl sites for hydroxylation is 1. The Labute approximate surface area is 113 Å². The second kappa shape index (κ2) is 4.63. The Kier molecular flexibility index (Phi) is 3.32. The molecule has 0 bridgehead atoms. The number of benzene rings is 1. The Bertz CT molecular complexity index is 665. The Balaban J connectivity index is 2.22. The highest BCUT2D eigenvalue weighted by molar-refractivity contribution is 6.35. The highest BCUT2D eigenvalue weighted by Crippen LogP contribution is 2.25. The van der Waals surface area contributed by atoms with Crippen molar-refractivity contribution >= 4 is 34.6 Å². The number of rotatable bonds is 3. The van der Waals surface area contributed by atoms with Gasteiger partial charge >= 0.3 is 0 Å². The summed E-state index contributed by atoms with van der Waals surface area (Å²) in [6.45, 7) is 2.18. The molecule has 94 valence electrons. The van der Waals surface area contributed by atoms with Gasteiger partial charge in [0.05, 0.1) is 0 Å². The van der Waals surface area contributed by atoms with Gasteiger partial charge in [-0.3, -0.25) is 9.59 Å². The summed E-state index contributed by atoms with van der Waals surface area (Å²) >= 11 is 11.9. The first kappa shape index (κ1) is 12.9. The molecule has 0 fully saturated rings. The molecule has 0 amide bonds. The minimum absolute atomic E-state index is 0.0252. The quantitative estimate of drug-likeness (QED) is 0.847. The van der Waals surface area contributed by atoms with Gasteiger partial charge in [-0.05, 0) is 30.2 Å². The summed E-state index contributed by atoms with van der Waals surface area (Å²) in [5, 5.41) is 3.88. The smallest absolute Gasteiger partial charge is 0.253 e. The number of hydrogen-bond donors (Lipinski definition) is 2. The van der Waals surface area contributed by atoms with Crippen LogP contribution in [-0.2, 0) is 6.54 Å². The number of halogens is 2. The number of nitrogens with two attached hydrogens (primary N) is 1. The van der Waals surface area contributed by atoms with E-state index < -0.39 is 10.9 Å². The van der Waals surface area contributed by atoms with Gasteiger partial charge in [0.25, 0.3) is 10.9 Å². The molecule has 0 unspecified atom stereocenters. The lowest BCUT2D eigenvalue weighted by Gasteiger charge is -2.13. The van der Waals surface area contributed by atoms with Gasteiger partial charge < -0.3 is 11.1 Å². The number of hydrogen-bond acceptors (Lipinski definition) is 4. The third-order valence-corrected chi connectivity index (χ3v) is 3.33. The van der Waals surface area contributed by atoms with Crippen LogP contribution >= 0.6 is 23.2 Å². The zero-order chi connectivity index (χ0) is 13.4. The molecule has 0 radical (unpaired) electrons. The number of anilines is 2. The number of nitrogen functional groups attached to an aromatic ring is 1. The van der Waals surface area contributed by atoms with E-state index in [1.807, 2.05) is 6.92 Å². The van der Waals surface area contributed by atoms with Crippen LogP contribution in [-0.4, -0.2) is 0 Å². The van der Waals surface area contributed by atoms with Crippen LogP contribution in [0.15, 0.2) is 21.7 Å². The van der Waals surface area contributed by atoms with Gasteiger partial charge in [-0.2, -0.15) is 0 Å². The summed E-state index contributed by atoms with van der Waals surface area (Å²) in [5.41, 5.74) is 6.03. The van der Waals surface area contributed by atoms with Crippen LogP contribution in [0.25, 0.3) is 0 Å². The SMILES string of the molecule is Cc1cc(Cl)cc(Cl)c1CNc1c(N)c(=O)c1=O. The van der Waals surface area contributed by atoms with E-state index in [0.29, 0.717) is 16.6 Å². The molecular weight excluding hydrogens is 275 g/mol. The van der Waals surface area contributed by atoms with Crippen molar-refractivity contribution in [3.63, 3.8) is 0 Å². The van der Waals surface area contributed by atoms with E-state index in [4.69, 9.17) is 28.9 Å². The highest BCUT2D eigenvalue weighted by Gasteiger charge is 2.18. The van der Waals surface area contributed by atoms with Gasteiger partial charge in [-0.15, -0.1) is 0 Å². The molecule has 2 rings (SSSR count). The molecule has 2 aromatic rings. The summed E-state index contributed by atoms with van der Waals surface area (Å²) in [5.74, 6) is 0. The standard InChI is InChI=1S/C12H10Cl2N2O2/c1-5-2-6(13)3-8(14)7(5)4-16-10-9(15)11(17)12(10)18/h2-3,16H,4,15H2,1H3. The maximum atomic E-state index is 11.2. The fourth-order valence-corrected chi connectivity index (χ4v) is 2.38. The average Bonchev–Trinajstić information content (AvgIpc) is 2.31. The Morgan fingerprint density at radius 1 is 1.22 bits per heavy atom. The lowest BCUT2D eigenvalue weighted by Crippen LogP contribution is -2.37. The van der Waals surface area contributed by atoms with Crippen LogP contribution in [0.5, 0.6) is 0 Å². The summed E-state index contributed by atoms with van der Waals surface area (Å²) in [6.07, 6.45) is 0. The van der Waals surface area contributed by atoms with E-state index in [1.165, 1.54) is 0 Å². The van der Waals surface area contributed by atoms with E-state index >= 15 is 0 Å². The van der Waals surface area contributed by atoms with Crippen LogP contribution in [0.2, 0.25) is 10.0 Å². The van der Waals surface area contributed by atoms with Crippen molar-refractivity contribution in [1.82, 2.24) is 0 Å². The maximum absolute atomic E-state index is 11.2.